The first-order chi connectivity index (χ1) is 17.1. The van der Waals surface area contributed by atoms with Gasteiger partial charge in [-0.25, -0.2) is 9.50 Å². The molecule has 0 radical (unpaired) electrons. The van der Waals surface area contributed by atoms with Gasteiger partial charge in [0, 0.05) is 42.0 Å². The Morgan fingerprint density at radius 1 is 1.14 bits per heavy atom. The number of aliphatic hydroxyl groups is 1. The molecule has 0 aliphatic carbocycles. The smallest absolute Gasteiger partial charge is 0.251 e. The normalized spacial score (nSPS) is 11.5. The Hall–Kier alpha value is -4.11. The highest BCUT2D eigenvalue weighted by Crippen LogP contribution is 2.29. The number of phenols is 1. The van der Waals surface area contributed by atoms with Gasteiger partial charge >= 0.3 is 0 Å². The van der Waals surface area contributed by atoms with E-state index in [2.05, 4.69) is 20.9 Å². The molecular formula is C27H32N6O3. The molecule has 0 aliphatic rings. The van der Waals surface area contributed by atoms with Gasteiger partial charge in [0.2, 0.25) is 0 Å². The third-order valence-corrected chi connectivity index (χ3v) is 5.60. The standard InChI is InChI=1S/C27H32N6O3/c1-5-11-28-26(35)21-10-9-18(12-17(21)2)23-15-29-25-22(30-16-27(3,4)36)14-24(32-33(23)25)31-19-7-6-8-20(34)13-19/h6-10,12-15,30,34,36H,5,11,16H2,1-4H3,(H,28,35)(H,31,32). The number of fused-ring (bicyclic) bond motifs is 1. The van der Waals surface area contributed by atoms with Crippen molar-refractivity contribution in [3.63, 3.8) is 0 Å². The van der Waals surface area contributed by atoms with Gasteiger partial charge in [0.25, 0.3) is 5.91 Å². The van der Waals surface area contributed by atoms with Crippen LogP contribution in [0.25, 0.3) is 16.9 Å². The van der Waals surface area contributed by atoms with Gasteiger partial charge in [-0.05, 0) is 57.0 Å². The average molecular weight is 489 g/mol. The largest absolute Gasteiger partial charge is 0.508 e. The number of rotatable bonds is 9. The van der Waals surface area contributed by atoms with E-state index in [1.165, 1.54) is 0 Å². The molecule has 0 unspecified atom stereocenters. The summed E-state index contributed by atoms with van der Waals surface area (Å²) in [5.41, 5.74) is 4.13. The molecule has 0 saturated heterocycles. The number of nitrogens with zero attached hydrogens (tertiary/aromatic N) is 3. The van der Waals surface area contributed by atoms with Gasteiger partial charge in [-0.2, -0.15) is 0 Å². The number of imidazole rings is 1. The maximum Gasteiger partial charge on any atom is 0.251 e. The highest BCUT2D eigenvalue weighted by atomic mass is 16.3. The number of carbonyl (C=O) groups excluding carboxylic acids is 1. The monoisotopic (exact) mass is 488 g/mol. The Morgan fingerprint density at radius 2 is 1.94 bits per heavy atom. The van der Waals surface area contributed by atoms with E-state index in [0.717, 1.165) is 23.2 Å². The summed E-state index contributed by atoms with van der Waals surface area (Å²) in [4.78, 5) is 17.1. The number of hydrogen-bond acceptors (Lipinski definition) is 7. The van der Waals surface area contributed by atoms with Crippen LogP contribution in [0.1, 0.15) is 43.1 Å². The Labute approximate surface area is 210 Å². The molecule has 4 aromatic rings. The summed E-state index contributed by atoms with van der Waals surface area (Å²) < 4.78 is 1.73. The van der Waals surface area contributed by atoms with Gasteiger partial charge in [-0.1, -0.05) is 19.1 Å². The van der Waals surface area contributed by atoms with Crippen LogP contribution in [-0.2, 0) is 0 Å². The number of nitrogens with one attached hydrogen (secondary N) is 3. The van der Waals surface area contributed by atoms with Gasteiger partial charge in [0.1, 0.15) is 5.75 Å². The third-order valence-electron chi connectivity index (χ3n) is 5.60. The van der Waals surface area contributed by atoms with Crippen LogP contribution in [0.15, 0.2) is 54.7 Å². The molecule has 4 rings (SSSR count). The molecule has 2 aromatic heterocycles. The zero-order chi connectivity index (χ0) is 25.9. The van der Waals surface area contributed by atoms with Crippen LogP contribution in [0.3, 0.4) is 0 Å². The van der Waals surface area contributed by atoms with E-state index in [-0.39, 0.29) is 11.7 Å². The molecule has 2 heterocycles. The summed E-state index contributed by atoms with van der Waals surface area (Å²) >= 11 is 0. The van der Waals surface area contributed by atoms with Crippen molar-refractivity contribution in [2.45, 2.75) is 39.7 Å². The first-order valence-corrected chi connectivity index (χ1v) is 11.9. The van der Waals surface area contributed by atoms with E-state index in [9.17, 15) is 15.0 Å². The lowest BCUT2D eigenvalue weighted by atomic mass is 10.0. The lowest BCUT2D eigenvalue weighted by molar-refractivity contribution is 0.0941. The molecule has 0 fully saturated rings. The van der Waals surface area contributed by atoms with Crippen molar-refractivity contribution in [1.82, 2.24) is 19.9 Å². The van der Waals surface area contributed by atoms with Crippen LogP contribution >= 0.6 is 0 Å². The van der Waals surface area contributed by atoms with E-state index in [1.54, 1.807) is 42.8 Å². The molecule has 2 aromatic carbocycles. The predicted octanol–water partition coefficient (Wildman–Crippen LogP) is 4.48. The molecule has 0 saturated carbocycles. The zero-order valence-electron chi connectivity index (χ0n) is 21.0. The Bertz CT molecular complexity index is 1390. The average Bonchev–Trinajstić information content (AvgIpc) is 3.24. The van der Waals surface area contributed by atoms with Crippen LogP contribution in [0.5, 0.6) is 5.75 Å². The summed E-state index contributed by atoms with van der Waals surface area (Å²) in [5, 5.41) is 34.2. The van der Waals surface area contributed by atoms with Gasteiger partial charge in [-0.15, -0.1) is 5.10 Å². The second-order valence-corrected chi connectivity index (χ2v) is 9.45. The van der Waals surface area contributed by atoms with Crippen molar-refractivity contribution in [3.8, 4) is 17.0 Å². The molecular weight excluding hydrogens is 456 g/mol. The van der Waals surface area contributed by atoms with E-state index in [4.69, 9.17) is 5.10 Å². The number of aromatic nitrogens is 3. The molecule has 5 N–H and O–H groups in total. The topological polar surface area (TPSA) is 124 Å². The zero-order valence-corrected chi connectivity index (χ0v) is 21.0. The number of aromatic hydroxyl groups is 1. The number of amides is 1. The molecule has 9 nitrogen and oxygen atoms in total. The fourth-order valence-electron chi connectivity index (χ4n) is 3.81. The van der Waals surface area contributed by atoms with Crippen molar-refractivity contribution in [2.24, 2.45) is 0 Å². The Morgan fingerprint density at radius 3 is 2.64 bits per heavy atom. The van der Waals surface area contributed by atoms with Crippen molar-refractivity contribution in [2.75, 3.05) is 23.7 Å². The molecule has 0 bridgehead atoms. The highest BCUT2D eigenvalue weighted by molar-refractivity contribution is 5.96. The second-order valence-electron chi connectivity index (χ2n) is 9.45. The van der Waals surface area contributed by atoms with Gasteiger partial charge in [0.05, 0.1) is 23.2 Å². The molecule has 9 heteroatoms. The van der Waals surface area contributed by atoms with Crippen molar-refractivity contribution >= 4 is 28.7 Å². The fourth-order valence-corrected chi connectivity index (χ4v) is 3.81. The number of anilines is 3. The highest BCUT2D eigenvalue weighted by Gasteiger charge is 2.18. The van der Waals surface area contributed by atoms with Crippen molar-refractivity contribution in [1.29, 1.82) is 0 Å². The molecule has 0 atom stereocenters. The molecule has 188 valence electrons. The van der Waals surface area contributed by atoms with Crippen LogP contribution in [0, 0.1) is 6.92 Å². The number of phenolic OH excluding ortho intramolecular Hbond substituents is 1. The predicted molar refractivity (Wildman–Crippen MR) is 142 cm³/mol. The van der Waals surface area contributed by atoms with Gasteiger partial charge in [-0.3, -0.25) is 4.79 Å². The van der Waals surface area contributed by atoms with Gasteiger partial charge < -0.3 is 26.2 Å². The minimum atomic E-state index is -0.931. The van der Waals surface area contributed by atoms with Crippen LogP contribution < -0.4 is 16.0 Å². The van der Waals surface area contributed by atoms with E-state index < -0.39 is 5.60 Å². The molecule has 1 amide bonds. The van der Waals surface area contributed by atoms with Gasteiger partial charge in [0.15, 0.2) is 11.5 Å². The van der Waals surface area contributed by atoms with Crippen LogP contribution in [-0.4, -0.2) is 49.4 Å². The molecule has 0 aliphatic heterocycles. The lowest BCUT2D eigenvalue weighted by Gasteiger charge is -2.19. The third kappa shape index (κ3) is 5.75. The number of benzene rings is 2. The molecule has 0 spiro atoms. The summed E-state index contributed by atoms with van der Waals surface area (Å²) in [6, 6.07) is 14.2. The number of carbonyl (C=O) groups is 1. The van der Waals surface area contributed by atoms with Crippen LogP contribution in [0.2, 0.25) is 0 Å². The first-order valence-electron chi connectivity index (χ1n) is 11.9. The van der Waals surface area contributed by atoms with Crippen molar-refractivity contribution in [3.05, 3.63) is 65.9 Å². The quantitative estimate of drug-likeness (QED) is 0.235. The Balaban J connectivity index is 1.76. The summed E-state index contributed by atoms with van der Waals surface area (Å²) in [5.74, 6) is 0.578. The first kappa shape index (κ1) is 25.0. The molecule has 36 heavy (non-hydrogen) atoms. The Kier molecular flexibility index (Phi) is 7.12. The summed E-state index contributed by atoms with van der Waals surface area (Å²) in [6.07, 6.45) is 2.61. The minimum absolute atomic E-state index is 0.0899. The van der Waals surface area contributed by atoms with E-state index in [1.807, 2.05) is 44.2 Å². The van der Waals surface area contributed by atoms with E-state index >= 15 is 0 Å². The summed E-state index contributed by atoms with van der Waals surface area (Å²) in [6.45, 7) is 8.31. The van der Waals surface area contributed by atoms with E-state index in [0.29, 0.717) is 41.5 Å². The van der Waals surface area contributed by atoms with Crippen LogP contribution in [0.4, 0.5) is 17.2 Å². The lowest BCUT2D eigenvalue weighted by Crippen LogP contribution is -2.29. The second kappa shape index (κ2) is 10.2. The summed E-state index contributed by atoms with van der Waals surface area (Å²) in [7, 11) is 0. The minimum Gasteiger partial charge on any atom is -0.508 e. The number of hydrogen-bond donors (Lipinski definition) is 5. The fraction of sp³-hybridized carbons (Fsp3) is 0.296. The SMILES string of the molecule is CCCNC(=O)c1ccc(-c2cnc3c(NCC(C)(C)O)cc(Nc4cccc(O)c4)nn23)cc1C. The maximum atomic E-state index is 12.5. The van der Waals surface area contributed by atoms with Crippen molar-refractivity contribution < 1.29 is 15.0 Å². The number of aryl methyl sites for hydroxylation is 1. The maximum absolute atomic E-state index is 12.5.